The first-order chi connectivity index (χ1) is 10.2. The Morgan fingerprint density at radius 1 is 1.38 bits per heavy atom. The Kier molecular flexibility index (Phi) is 5.00. The van der Waals surface area contributed by atoms with Gasteiger partial charge in [0.15, 0.2) is 0 Å². The molecule has 2 rings (SSSR count). The second-order valence-corrected chi connectivity index (χ2v) is 4.66. The minimum Gasteiger partial charge on any atom is -0.396 e. The van der Waals surface area contributed by atoms with Gasteiger partial charge in [-0.2, -0.15) is 0 Å². The smallest absolute Gasteiger partial charge is 0.279 e. The van der Waals surface area contributed by atoms with Crippen LogP contribution in [-0.2, 0) is 6.42 Å². The van der Waals surface area contributed by atoms with Crippen molar-refractivity contribution >= 4 is 16.9 Å². The normalized spacial score (nSPS) is 11.3. The van der Waals surface area contributed by atoms with E-state index in [0.29, 0.717) is 29.6 Å². The van der Waals surface area contributed by atoms with E-state index >= 15 is 0 Å². The number of fused-ring (bicyclic) bond motifs is 1. The number of carbonyl (C=O) groups is 1. The Balaban J connectivity index is 2.64. The van der Waals surface area contributed by atoms with E-state index in [1.54, 1.807) is 24.3 Å². The topological polar surface area (TPSA) is 72.2 Å². The fourth-order valence-corrected chi connectivity index (χ4v) is 2.10. The Hall–Kier alpha value is -2.27. The predicted molar refractivity (Wildman–Crippen MR) is 81.5 cm³/mol. The van der Waals surface area contributed by atoms with Crippen LogP contribution in [0.2, 0.25) is 0 Å². The number of aryl methyl sites for hydroxylation is 1. The Morgan fingerprint density at radius 3 is 2.86 bits per heavy atom. The SMILES string of the molecule is CC/C=C/C(=O)n1c(=O)c(CCCO)nc2ccccc21. The molecule has 0 saturated heterocycles. The molecule has 0 unspecified atom stereocenters. The highest BCUT2D eigenvalue weighted by Gasteiger charge is 2.14. The number of para-hydroxylation sites is 2. The van der Waals surface area contributed by atoms with Gasteiger partial charge >= 0.3 is 0 Å². The average molecular weight is 286 g/mol. The van der Waals surface area contributed by atoms with Crippen molar-refractivity contribution in [2.75, 3.05) is 6.61 Å². The summed E-state index contributed by atoms with van der Waals surface area (Å²) < 4.78 is 1.15. The van der Waals surface area contributed by atoms with Crippen molar-refractivity contribution in [1.29, 1.82) is 0 Å². The number of aliphatic hydroxyl groups is 1. The fourth-order valence-electron chi connectivity index (χ4n) is 2.10. The largest absolute Gasteiger partial charge is 0.396 e. The zero-order chi connectivity index (χ0) is 15.2. The molecule has 110 valence electrons. The number of hydrogen-bond donors (Lipinski definition) is 1. The number of rotatable bonds is 5. The van der Waals surface area contributed by atoms with Crippen molar-refractivity contribution in [3.8, 4) is 0 Å². The molecule has 1 aromatic carbocycles. The molecule has 2 aromatic rings. The lowest BCUT2D eigenvalue weighted by Gasteiger charge is -2.09. The predicted octanol–water partition coefficient (Wildman–Crippen LogP) is 1.93. The molecule has 0 amide bonds. The first-order valence-electron chi connectivity index (χ1n) is 7.01. The molecule has 5 nitrogen and oxygen atoms in total. The summed E-state index contributed by atoms with van der Waals surface area (Å²) in [7, 11) is 0. The molecule has 0 bridgehead atoms. The highest BCUT2D eigenvalue weighted by Crippen LogP contribution is 2.11. The van der Waals surface area contributed by atoms with Gasteiger partial charge in [0.25, 0.3) is 11.5 Å². The molecular weight excluding hydrogens is 268 g/mol. The summed E-state index contributed by atoms with van der Waals surface area (Å²) in [5.41, 5.74) is 0.998. The number of carbonyl (C=O) groups excluding carboxylic acids is 1. The summed E-state index contributed by atoms with van der Waals surface area (Å²) >= 11 is 0. The molecule has 1 N–H and O–H groups in total. The third-order valence-electron chi connectivity index (χ3n) is 3.12. The first kappa shape index (κ1) is 15.1. The zero-order valence-electron chi connectivity index (χ0n) is 12.0. The number of allylic oxidation sites excluding steroid dienone is 2. The van der Waals surface area contributed by atoms with Crippen molar-refractivity contribution < 1.29 is 9.90 Å². The number of nitrogens with zero attached hydrogens (tertiary/aromatic N) is 2. The molecule has 1 heterocycles. The van der Waals surface area contributed by atoms with Crippen LogP contribution in [0.1, 0.15) is 30.3 Å². The standard InChI is InChI=1S/C16H18N2O3/c1-2-3-10-15(20)18-14-9-5-4-7-12(14)17-13(16(18)21)8-6-11-19/h3-5,7,9-10,19H,2,6,8,11H2,1H3/b10-3+. The van der Waals surface area contributed by atoms with Crippen LogP contribution in [0.25, 0.3) is 11.0 Å². The summed E-state index contributed by atoms with van der Waals surface area (Å²) in [6.45, 7) is 1.90. The highest BCUT2D eigenvalue weighted by atomic mass is 16.3. The van der Waals surface area contributed by atoms with E-state index in [9.17, 15) is 9.59 Å². The van der Waals surface area contributed by atoms with Crippen LogP contribution >= 0.6 is 0 Å². The van der Waals surface area contributed by atoms with Crippen LogP contribution in [0.15, 0.2) is 41.2 Å². The van der Waals surface area contributed by atoms with Crippen LogP contribution in [0.3, 0.4) is 0 Å². The molecule has 0 spiro atoms. The molecule has 0 fully saturated rings. The third-order valence-corrected chi connectivity index (χ3v) is 3.12. The highest BCUT2D eigenvalue weighted by molar-refractivity contribution is 5.96. The second kappa shape index (κ2) is 6.95. The molecule has 0 atom stereocenters. The van der Waals surface area contributed by atoms with Gasteiger partial charge in [-0.25, -0.2) is 9.55 Å². The molecule has 0 aliphatic rings. The third kappa shape index (κ3) is 3.25. The van der Waals surface area contributed by atoms with Crippen molar-refractivity contribution in [3.05, 3.63) is 52.5 Å². The van der Waals surface area contributed by atoms with Crippen molar-refractivity contribution in [2.24, 2.45) is 0 Å². The average Bonchev–Trinajstić information content (AvgIpc) is 2.50. The first-order valence-corrected chi connectivity index (χ1v) is 7.01. The van der Waals surface area contributed by atoms with Gasteiger partial charge in [-0.15, -0.1) is 0 Å². The maximum atomic E-state index is 12.5. The van der Waals surface area contributed by atoms with Gasteiger partial charge in [-0.05, 0) is 37.5 Å². The number of aromatic nitrogens is 2. The van der Waals surface area contributed by atoms with Crippen LogP contribution in [-0.4, -0.2) is 27.2 Å². The molecule has 0 radical (unpaired) electrons. The minimum atomic E-state index is -0.409. The minimum absolute atomic E-state index is 0.0162. The van der Waals surface area contributed by atoms with E-state index in [1.165, 1.54) is 6.08 Å². The van der Waals surface area contributed by atoms with Gasteiger partial charge in [-0.1, -0.05) is 25.1 Å². The van der Waals surface area contributed by atoms with E-state index in [0.717, 1.165) is 11.0 Å². The summed E-state index contributed by atoms with van der Waals surface area (Å²) in [5, 5.41) is 8.91. The number of hydrogen-bond acceptors (Lipinski definition) is 4. The molecule has 5 heteroatoms. The molecule has 0 saturated carbocycles. The van der Waals surface area contributed by atoms with E-state index in [2.05, 4.69) is 4.98 Å². The second-order valence-electron chi connectivity index (χ2n) is 4.66. The van der Waals surface area contributed by atoms with Crippen LogP contribution in [0.5, 0.6) is 0 Å². The lowest BCUT2D eigenvalue weighted by molar-refractivity contribution is 0.0969. The van der Waals surface area contributed by atoms with Gasteiger partial charge in [0.05, 0.1) is 11.0 Å². The van der Waals surface area contributed by atoms with Crippen LogP contribution in [0, 0.1) is 0 Å². The van der Waals surface area contributed by atoms with Crippen molar-refractivity contribution in [1.82, 2.24) is 9.55 Å². The summed E-state index contributed by atoms with van der Waals surface area (Å²) in [6.07, 6.45) is 4.65. The molecular formula is C16H18N2O3. The quantitative estimate of drug-likeness (QED) is 0.852. The van der Waals surface area contributed by atoms with E-state index in [4.69, 9.17) is 5.11 Å². The fraction of sp³-hybridized carbons (Fsp3) is 0.312. The number of aliphatic hydroxyl groups excluding tert-OH is 1. The van der Waals surface area contributed by atoms with E-state index in [-0.39, 0.29) is 12.5 Å². The molecule has 21 heavy (non-hydrogen) atoms. The Bertz CT molecular complexity index is 732. The van der Waals surface area contributed by atoms with Crippen LogP contribution in [0.4, 0.5) is 0 Å². The molecule has 0 aliphatic carbocycles. The molecule has 1 aromatic heterocycles. The van der Waals surface area contributed by atoms with Gasteiger partial charge in [0.1, 0.15) is 5.69 Å². The lowest BCUT2D eigenvalue weighted by Crippen LogP contribution is -2.30. The van der Waals surface area contributed by atoms with Crippen molar-refractivity contribution in [3.63, 3.8) is 0 Å². The zero-order valence-corrected chi connectivity index (χ0v) is 12.0. The summed E-state index contributed by atoms with van der Waals surface area (Å²) in [4.78, 5) is 29.0. The molecule has 0 aliphatic heterocycles. The Labute approximate surface area is 122 Å². The van der Waals surface area contributed by atoms with Crippen LogP contribution < -0.4 is 5.56 Å². The van der Waals surface area contributed by atoms with Gasteiger partial charge in [-0.3, -0.25) is 9.59 Å². The monoisotopic (exact) mass is 286 g/mol. The van der Waals surface area contributed by atoms with Gasteiger partial charge in [0.2, 0.25) is 0 Å². The maximum Gasteiger partial charge on any atom is 0.279 e. The Morgan fingerprint density at radius 2 is 2.14 bits per heavy atom. The lowest BCUT2D eigenvalue weighted by atomic mass is 10.2. The van der Waals surface area contributed by atoms with Gasteiger partial charge < -0.3 is 5.11 Å². The number of benzene rings is 1. The van der Waals surface area contributed by atoms with E-state index in [1.807, 2.05) is 13.0 Å². The van der Waals surface area contributed by atoms with Gasteiger partial charge in [0, 0.05) is 6.61 Å². The summed E-state index contributed by atoms with van der Waals surface area (Å²) in [6, 6.07) is 7.05. The van der Waals surface area contributed by atoms with E-state index < -0.39 is 5.56 Å². The summed E-state index contributed by atoms with van der Waals surface area (Å²) in [5.74, 6) is -0.370. The van der Waals surface area contributed by atoms with Crippen molar-refractivity contribution in [2.45, 2.75) is 26.2 Å². The maximum absolute atomic E-state index is 12.5.